The summed E-state index contributed by atoms with van der Waals surface area (Å²) < 4.78 is 13.0. The molecule has 1 aliphatic carbocycles. The van der Waals surface area contributed by atoms with Crippen molar-refractivity contribution in [3.05, 3.63) is 65.0 Å². The van der Waals surface area contributed by atoms with Crippen LogP contribution in [-0.4, -0.2) is 0 Å². The van der Waals surface area contributed by atoms with Gasteiger partial charge in [0.15, 0.2) is 0 Å². The summed E-state index contributed by atoms with van der Waals surface area (Å²) in [6, 6.07) is 13.4. The van der Waals surface area contributed by atoms with E-state index in [-0.39, 0.29) is 11.9 Å². The van der Waals surface area contributed by atoms with E-state index in [2.05, 4.69) is 24.4 Å². The zero-order valence-corrected chi connectivity index (χ0v) is 11.6. The second-order valence-corrected chi connectivity index (χ2v) is 5.49. The van der Waals surface area contributed by atoms with Gasteiger partial charge >= 0.3 is 0 Å². The maximum atomic E-state index is 13.0. The Morgan fingerprint density at radius 2 is 1.95 bits per heavy atom. The van der Waals surface area contributed by atoms with Gasteiger partial charge < -0.3 is 11.1 Å². The number of hydrogen-bond donors (Lipinski definition) is 2. The topological polar surface area (TPSA) is 38.0 Å². The molecule has 0 amide bonds. The fraction of sp³-hybridized carbons (Fsp3) is 0.294. The minimum atomic E-state index is -0.192. The molecule has 0 saturated heterocycles. The number of nitrogens with one attached hydrogen (secondary N) is 1. The summed E-state index contributed by atoms with van der Waals surface area (Å²) in [6.07, 6.45) is 2.15. The molecule has 2 nitrogen and oxygen atoms in total. The summed E-state index contributed by atoms with van der Waals surface area (Å²) in [6.45, 7) is 2.11. The van der Waals surface area contributed by atoms with E-state index in [0.29, 0.717) is 6.04 Å². The summed E-state index contributed by atoms with van der Waals surface area (Å²) in [4.78, 5) is 0. The highest BCUT2D eigenvalue weighted by atomic mass is 19.1. The number of hydrogen-bond acceptors (Lipinski definition) is 2. The van der Waals surface area contributed by atoms with E-state index < -0.39 is 0 Å². The molecule has 0 aliphatic heterocycles. The van der Waals surface area contributed by atoms with Crippen molar-refractivity contribution in [2.45, 2.75) is 31.8 Å². The molecule has 0 fully saturated rings. The number of aryl methyl sites for hydroxylation is 1. The van der Waals surface area contributed by atoms with E-state index in [0.717, 1.165) is 24.1 Å². The molecule has 0 spiro atoms. The highest BCUT2D eigenvalue weighted by Gasteiger charge is 2.23. The minimum absolute atomic E-state index is 0.192. The van der Waals surface area contributed by atoms with Crippen molar-refractivity contribution >= 4 is 5.69 Å². The molecule has 0 saturated carbocycles. The summed E-state index contributed by atoms with van der Waals surface area (Å²) in [7, 11) is 0. The number of fused-ring (bicyclic) bond motifs is 1. The summed E-state index contributed by atoms with van der Waals surface area (Å²) in [5.74, 6) is -0.192. The largest absolute Gasteiger partial charge is 0.399 e. The number of nitrogen functional groups attached to an aromatic ring is 1. The van der Waals surface area contributed by atoms with Crippen molar-refractivity contribution in [3.8, 4) is 0 Å². The van der Waals surface area contributed by atoms with Crippen LogP contribution in [0.1, 0.15) is 42.1 Å². The molecule has 2 aromatic carbocycles. The Labute approximate surface area is 118 Å². The van der Waals surface area contributed by atoms with Crippen LogP contribution in [0.5, 0.6) is 0 Å². The molecule has 0 heterocycles. The molecule has 2 aromatic rings. The van der Waals surface area contributed by atoms with Gasteiger partial charge in [0.05, 0.1) is 0 Å². The molecule has 0 aromatic heterocycles. The van der Waals surface area contributed by atoms with Gasteiger partial charge in [0.2, 0.25) is 0 Å². The van der Waals surface area contributed by atoms with Gasteiger partial charge in [-0.05, 0) is 60.7 Å². The minimum Gasteiger partial charge on any atom is -0.399 e. The number of rotatable bonds is 3. The molecule has 0 radical (unpaired) electrons. The third kappa shape index (κ3) is 2.54. The predicted molar refractivity (Wildman–Crippen MR) is 79.9 cm³/mol. The Morgan fingerprint density at radius 3 is 2.70 bits per heavy atom. The second kappa shape index (κ2) is 5.25. The monoisotopic (exact) mass is 270 g/mol. The van der Waals surface area contributed by atoms with Crippen LogP contribution in [0.15, 0.2) is 42.5 Å². The lowest BCUT2D eigenvalue weighted by atomic mass is 10.0. The first kappa shape index (κ1) is 13.1. The van der Waals surface area contributed by atoms with Gasteiger partial charge in [0.1, 0.15) is 5.82 Å². The summed E-state index contributed by atoms with van der Waals surface area (Å²) >= 11 is 0. The molecule has 1 aliphatic rings. The molecule has 3 rings (SSSR count). The molecule has 1 unspecified atom stereocenters. The first-order chi connectivity index (χ1) is 9.63. The lowest BCUT2D eigenvalue weighted by molar-refractivity contribution is 0.464. The highest BCUT2D eigenvalue weighted by molar-refractivity contribution is 5.47. The van der Waals surface area contributed by atoms with Crippen LogP contribution in [0.2, 0.25) is 0 Å². The van der Waals surface area contributed by atoms with Gasteiger partial charge in [-0.3, -0.25) is 0 Å². The third-order valence-electron chi connectivity index (χ3n) is 4.07. The van der Waals surface area contributed by atoms with Crippen LogP contribution in [0.4, 0.5) is 10.1 Å². The first-order valence-corrected chi connectivity index (χ1v) is 7.03. The Hall–Kier alpha value is -1.87. The molecule has 104 valence electrons. The van der Waals surface area contributed by atoms with E-state index in [1.165, 1.54) is 23.3 Å². The normalized spacial score (nSPS) is 18.8. The fourth-order valence-electron chi connectivity index (χ4n) is 2.96. The first-order valence-electron chi connectivity index (χ1n) is 7.03. The number of halogens is 1. The van der Waals surface area contributed by atoms with Crippen LogP contribution >= 0.6 is 0 Å². The average molecular weight is 270 g/mol. The van der Waals surface area contributed by atoms with E-state index in [1.807, 2.05) is 18.2 Å². The van der Waals surface area contributed by atoms with E-state index in [1.54, 1.807) is 0 Å². The van der Waals surface area contributed by atoms with Crippen LogP contribution in [0.25, 0.3) is 0 Å². The van der Waals surface area contributed by atoms with Gasteiger partial charge in [0, 0.05) is 17.8 Å². The zero-order valence-electron chi connectivity index (χ0n) is 11.6. The van der Waals surface area contributed by atoms with Crippen molar-refractivity contribution in [1.82, 2.24) is 5.32 Å². The maximum Gasteiger partial charge on any atom is 0.123 e. The molecule has 3 heteroatoms. The number of nitrogens with two attached hydrogens (primary N) is 1. The molecule has 3 N–H and O–H groups in total. The predicted octanol–water partition coefficient (Wildman–Crippen LogP) is 3.75. The smallest absolute Gasteiger partial charge is 0.123 e. The SMILES string of the molecule is C[C@@H](NC1CCc2cc(N)ccc21)c1ccc(F)cc1. The summed E-state index contributed by atoms with van der Waals surface area (Å²) in [5, 5.41) is 3.63. The van der Waals surface area contributed by atoms with Crippen molar-refractivity contribution < 1.29 is 4.39 Å². The van der Waals surface area contributed by atoms with Gasteiger partial charge in [-0.15, -0.1) is 0 Å². The molecule has 0 bridgehead atoms. The van der Waals surface area contributed by atoms with Gasteiger partial charge in [-0.2, -0.15) is 0 Å². The quantitative estimate of drug-likeness (QED) is 0.834. The summed E-state index contributed by atoms with van der Waals surface area (Å²) in [5.41, 5.74) is 10.4. The standard InChI is InChI=1S/C17H19FN2/c1-11(12-2-5-14(18)6-3-12)20-17-9-4-13-10-15(19)7-8-16(13)17/h2-3,5-8,10-11,17,20H,4,9,19H2,1H3/t11-,17?/m1/s1. The lowest BCUT2D eigenvalue weighted by Gasteiger charge is -2.21. The maximum absolute atomic E-state index is 13.0. The Morgan fingerprint density at radius 1 is 1.20 bits per heavy atom. The van der Waals surface area contributed by atoms with E-state index in [4.69, 9.17) is 5.73 Å². The molecule has 20 heavy (non-hydrogen) atoms. The van der Waals surface area contributed by atoms with Crippen LogP contribution < -0.4 is 11.1 Å². The number of benzene rings is 2. The fourth-order valence-corrected chi connectivity index (χ4v) is 2.96. The lowest BCUT2D eigenvalue weighted by Crippen LogP contribution is -2.23. The van der Waals surface area contributed by atoms with Crippen molar-refractivity contribution in [3.63, 3.8) is 0 Å². The molecular formula is C17H19FN2. The average Bonchev–Trinajstić information content (AvgIpc) is 2.81. The molecular weight excluding hydrogens is 251 g/mol. The van der Waals surface area contributed by atoms with Crippen LogP contribution in [0.3, 0.4) is 0 Å². The Balaban J connectivity index is 1.75. The van der Waals surface area contributed by atoms with Gasteiger partial charge in [0.25, 0.3) is 0 Å². The van der Waals surface area contributed by atoms with Crippen molar-refractivity contribution in [1.29, 1.82) is 0 Å². The third-order valence-corrected chi connectivity index (χ3v) is 4.07. The highest BCUT2D eigenvalue weighted by Crippen LogP contribution is 2.34. The van der Waals surface area contributed by atoms with Crippen molar-refractivity contribution in [2.24, 2.45) is 0 Å². The second-order valence-electron chi connectivity index (χ2n) is 5.49. The Bertz CT molecular complexity index is 607. The van der Waals surface area contributed by atoms with Crippen LogP contribution in [-0.2, 0) is 6.42 Å². The van der Waals surface area contributed by atoms with Crippen LogP contribution in [0, 0.1) is 5.82 Å². The van der Waals surface area contributed by atoms with Gasteiger partial charge in [-0.25, -0.2) is 4.39 Å². The molecule has 2 atom stereocenters. The van der Waals surface area contributed by atoms with E-state index in [9.17, 15) is 4.39 Å². The van der Waals surface area contributed by atoms with E-state index >= 15 is 0 Å². The number of anilines is 1. The Kier molecular flexibility index (Phi) is 3.45. The zero-order chi connectivity index (χ0) is 14.1. The van der Waals surface area contributed by atoms with Crippen molar-refractivity contribution in [2.75, 3.05) is 5.73 Å². The van der Waals surface area contributed by atoms with Gasteiger partial charge in [-0.1, -0.05) is 18.2 Å².